The maximum absolute atomic E-state index is 12.0. The topological polar surface area (TPSA) is 96.0 Å². The zero-order valence-electron chi connectivity index (χ0n) is 9.71. The molecule has 0 aliphatic carbocycles. The molecule has 1 N–H and O–H groups in total. The highest BCUT2D eigenvalue weighted by Crippen LogP contribution is 2.22. The molecule has 98 valence electrons. The first-order valence-corrected chi connectivity index (χ1v) is 6.94. The first-order valence-electron chi connectivity index (χ1n) is 5.08. The van der Waals surface area contributed by atoms with Crippen LogP contribution in [0.2, 0.25) is 5.02 Å². The van der Waals surface area contributed by atoms with Gasteiger partial charge in [0.05, 0.1) is 15.5 Å². The van der Waals surface area contributed by atoms with E-state index in [-0.39, 0.29) is 21.3 Å². The van der Waals surface area contributed by atoms with Crippen molar-refractivity contribution in [1.29, 1.82) is 5.26 Å². The van der Waals surface area contributed by atoms with E-state index in [1.165, 1.54) is 24.3 Å². The maximum atomic E-state index is 12.0. The van der Waals surface area contributed by atoms with Gasteiger partial charge in [0.1, 0.15) is 11.8 Å². The van der Waals surface area contributed by atoms with E-state index in [0.717, 1.165) is 0 Å². The lowest BCUT2D eigenvalue weighted by molar-refractivity contribution is 0.400. The molecule has 0 atom stereocenters. The molecule has 0 radical (unpaired) electrons. The normalized spacial score (nSPS) is 11.0. The fraction of sp³-hybridized carbons (Fsp3) is 0.0909. The van der Waals surface area contributed by atoms with Crippen LogP contribution in [0.3, 0.4) is 0 Å². The van der Waals surface area contributed by atoms with Gasteiger partial charge in [0, 0.05) is 6.07 Å². The SMILES string of the molecule is Cc1cc(NS(=O)(=O)c2ccc(C#N)c(Cl)c2)no1. The lowest BCUT2D eigenvalue weighted by atomic mass is 10.2. The number of nitrogens with one attached hydrogen (secondary N) is 1. The molecule has 0 aliphatic rings. The quantitative estimate of drug-likeness (QED) is 0.937. The molecule has 2 rings (SSSR count). The van der Waals surface area contributed by atoms with Crippen molar-refractivity contribution in [3.05, 3.63) is 40.6 Å². The smallest absolute Gasteiger partial charge is 0.263 e. The van der Waals surface area contributed by atoms with Crippen LogP contribution in [0.15, 0.2) is 33.7 Å². The largest absolute Gasteiger partial charge is 0.360 e. The molecule has 2 aromatic rings. The number of hydrogen-bond acceptors (Lipinski definition) is 5. The number of rotatable bonds is 3. The van der Waals surface area contributed by atoms with Crippen molar-refractivity contribution in [3.63, 3.8) is 0 Å². The standard InChI is InChI=1S/C11H8ClN3O3S/c1-7-4-11(14-18-7)15-19(16,17)9-3-2-8(6-13)10(12)5-9/h2-5H,1H3,(H,14,15). The van der Waals surface area contributed by atoms with Gasteiger partial charge in [-0.25, -0.2) is 8.42 Å². The highest BCUT2D eigenvalue weighted by Gasteiger charge is 2.17. The number of sulfonamides is 1. The summed E-state index contributed by atoms with van der Waals surface area (Å²) >= 11 is 5.79. The van der Waals surface area contributed by atoms with Crippen molar-refractivity contribution in [2.45, 2.75) is 11.8 Å². The average Bonchev–Trinajstić information content (AvgIpc) is 2.73. The van der Waals surface area contributed by atoms with Crippen LogP contribution in [-0.2, 0) is 10.0 Å². The minimum atomic E-state index is -3.81. The Morgan fingerprint density at radius 1 is 1.42 bits per heavy atom. The van der Waals surface area contributed by atoms with Crippen molar-refractivity contribution < 1.29 is 12.9 Å². The summed E-state index contributed by atoms with van der Waals surface area (Å²) in [4.78, 5) is -0.0582. The van der Waals surface area contributed by atoms with E-state index >= 15 is 0 Å². The summed E-state index contributed by atoms with van der Waals surface area (Å²) in [6.45, 7) is 1.64. The van der Waals surface area contributed by atoms with Gasteiger partial charge in [0.25, 0.3) is 10.0 Å². The summed E-state index contributed by atoms with van der Waals surface area (Å²) in [7, 11) is -3.81. The molecule has 0 spiro atoms. The van der Waals surface area contributed by atoms with Crippen LogP contribution in [-0.4, -0.2) is 13.6 Å². The number of benzene rings is 1. The van der Waals surface area contributed by atoms with E-state index in [0.29, 0.717) is 5.76 Å². The van der Waals surface area contributed by atoms with Crippen molar-refractivity contribution >= 4 is 27.4 Å². The lowest BCUT2D eigenvalue weighted by Crippen LogP contribution is -2.13. The third kappa shape index (κ3) is 2.86. The number of nitriles is 1. The first kappa shape index (κ1) is 13.4. The molecule has 1 aromatic heterocycles. The van der Waals surface area contributed by atoms with Gasteiger partial charge >= 0.3 is 0 Å². The van der Waals surface area contributed by atoms with Crippen molar-refractivity contribution in [2.24, 2.45) is 0 Å². The molecular weight excluding hydrogens is 290 g/mol. The number of nitrogens with zero attached hydrogens (tertiary/aromatic N) is 2. The van der Waals surface area contributed by atoms with Gasteiger partial charge in [-0.05, 0) is 25.1 Å². The van der Waals surface area contributed by atoms with Gasteiger partial charge in [0.15, 0.2) is 5.82 Å². The van der Waals surface area contributed by atoms with Crippen LogP contribution in [0.5, 0.6) is 0 Å². The molecule has 1 aromatic carbocycles. The van der Waals surface area contributed by atoms with E-state index in [1.54, 1.807) is 6.92 Å². The van der Waals surface area contributed by atoms with Gasteiger partial charge in [-0.2, -0.15) is 5.26 Å². The average molecular weight is 298 g/mol. The molecule has 1 heterocycles. The molecule has 0 saturated carbocycles. The van der Waals surface area contributed by atoms with Crippen LogP contribution in [0.25, 0.3) is 0 Å². The molecule has 0 unspecified atom stereocenters. The monoisotopic (exact) mass is 297 g/mol. The van der Waals surface area contributed by atoms with Gasteiger partial charge in [-0.1, -0.05) is 16.8 Å². The summed E-state index contributed by atoms with van der Waals surface area (Å²) in [6, 6.07) is 7.13. The summed E-state index contributed by atoms with van der Waals surface area (Å²) in [5, 5.41) is 12.3. The van der Waals surface area contributed by atoms with Crippen LogP contribution in [0.1, 0.15) is 11.3 Å². The van der Waals surface area contributed by atoms with Crippen LogP contribution in [0, 0.1) is 18.3 Å². The van der Waals surface area contributed by atoms with Gasteiger partial charge in [-0.15, -0.1) is 0 Å². The molecule has 0 saturated heterocycles. The number of hydrogen-bond donors (Lipinski definition) is 1. The zero-order valence-corrected chi connectivity index (χ0v) is 11.3. The number of halogens is 1. The van der Waals surface area contributed by atoms with Crippen LogP contribution >= 0.6 is 11.6 Å². The fourth-order valence-corrected chi connectivity index (χ4v) is 2.66. The predicted octanol–water partition coefficient (Wildman–Crippen LogP) is 2.31. The molecule has 0 aliphatic heterocycles. The van der Waals surface area contributed by atoms with Gasteiger partial charge < -0.3 is 4.52 Å². The summed E-state index contributed by atoms with van der Waals surface area (Å²) in [6.07, 6.45) is 0. The fourth-order valence-electron chi connectivity index (χ4n) is 1.36. The van der Waals surface area contributed by atoms with E-state index in [9.17, 15) is 8.42 Å². The first-order chi connectivity index (χ1) is 8.92. The Kier molecular flexibility index (Phi) is 3.46. The van der Waals surface area contributed by atoms with E-state index in [4.69, 9.17) is 21.4 Å². The molecule has 8 heteroatoms. The summed E-state index contributed by atoms with van der Waals surface area (Å²) < 4.78 is 31.1. The highest BCUT2D eigenvalue weighted by molar-refractivity contribution is 7.92. The Balaban J connectivity index is 2.35. The molecule has 19 heavy (non-hydrogen) atoms. The van der Waals surface area contributed by atoms with E-state index < -0.39 is 10.0 Å². The minimum absolute atomic E-state index is 0.0582. The second kappa shape index (κ2) is 4.91. The lowest BCUT2D eigenvalue weighted by Gasteiger charge is -2.05. The van der Waals surface area contributed by atoms with E-state index in [1.807, 2.05) is 6.07 Å². The molecule has 6 nitrogen and oxygen atoms in total. The van der Waals surface area contributed by atoms with Crippen molar-refractivity contribution in [1.82, 2.24) is 5.16 Å². The van der Waals surface area contributed by atoms with Gasteiger partial charge in [-0.3, -0.25) is 4.72 Å². The Labute approximate surface area is 114 Å². The Bertz CT molecular complexity index is 762. The second-order valence-corrected chi connectivity index (χ2v) is 5.77. The van der Waals surface area contributed by atoms with Crippen LogP contribution in [0.4, 0.5) is 5.82 Å². The molecule has 0 bridgehead atoms. The number of aromatic nitrogens is 1. The summed E-state index contributed by atoms with van der Waals surface area (Å²) in [5.41, 5.74) is 0.206. The molecular formula is C11H8ClN3O3S. The van der Waals surface area contributed by atoms with Crippen molar-refractivity contribution in [3.8, 4) is 6.07 Å². The predicted molar refractivity (Wildman–Crippen MR) is 68.2 cm³/mol. The number of anilines is 1. The molecule has 0 fully saturated rings. The zero-order chi connectivity index (χ0) is 14.0. The minimum Gasteiger partial charge on any atom is -0.360 e. The van der Waals surface area contributed by atoms with Gasteiger partial charge in [0.2, 0.25) is 0 Å². The van der Waals surface area contributed by atoms with Crippen LogP contribution < -0.4 is 4.72 Å². The number of aryl methyl sites for hydroxylation is 1. The van der Waals surface area contributed by atoms with Crippen molar-refractivity contribution in [2.75, 3.05) is 4.72 Å². The second-order valence-electron chi connectivity index (χ2n) is 3.68. The third-order valence-electron chi connectivity index (χ3n) is 2.24. The third-order valence-corrected chi connectivity index (χ3v) is 3.90. The van der Waals surface area contributed by atoms with E-state index in [2.05, 4.69) is 9.88 Å². The summed E-state index contributed by atoms with van der Waals surface area (Å²) in [5.74, 6) is 0.563. The Morgan fingerprint density at radius 2 is 2.16 bits per heavy atom. The highest BCUT2D eigenvalue weighted by atomic mass is 35.5. The molecule has 0 amide bonds. The Hall–Kier alpha value is -2.04. The Morgan fingerprint density at radius 3 is 2.68 bits per heavy atom. The maximum Gasteiger partial charge on any atom is 0.263 e.